The lowest BCUT2D eigenvalue weighted by Gasteiger charge is -2.18. The molecule has 0 unspecified atom stereocenters. The van der Waals surface area contributed by atoms with Gasteiger partial charge in [0.25, 0.3) is 5.91 Å². The van der Waals surface area contributed by atoms with Crippen LogP contribution in [0.3, 0.4) is 0 Å². The van der Waals surface area contributed by atoms with Gasteiger partial charge in [0.1, 0.15) is 0 Å². The maximum atomic E-state index is 12.6. The zero-order chi connectivity index (χ0) is 15.5. The molecule has 124 valence electrons. The monoisotopic (exact) mass is 390 g/mol. The second-order valence-corrected chi connectivity index (χ2v) is 7.17. The Labute approximate surface area is 156 Å². The molecule has 23 heavy (non-hydrogen) atoms. The van der Waals surface area contributed by atoms with Crippen LogP contribution in [0, 0.1) is 0 Å². The van der Waals surface area contributed by atoms with Crippen LogP contribution in [-0.2, 0) is 0 Å². The van der Waals surface area contributed by atoms with E-state index in [0.717, 1.165) is 47.9 Å². The number of halogens is 3. The van der Waals surface area contributed by atoms with Gasteiger partial charge in [-0.3, -0.25) is 4.79 Å². The van der Waals surface area contributed by atoms with Gasteiger partial charge in [0.2, 0.25) is 0 Å². The van der Waals surface area contributed by atoms with Crippen LogP contribution in [0.1, 0.15) is 16.1 Å². The molecule has 0 radical (unpaired) electrons. The van der Waals surface area contributed by atoms with E-state index >= 15 is 0 Å². The Kier molecular flexibility index (Phi) is 6.74. The number of nitrogens with zero attached hydrogens (tertiary/aromatic N) is 1. The summed E-state index contributed by atoms with van der Waals surface area (Å²) in [6, 6.07) is 9.27. The fourth-order valence-electron chi connectivity index (χ4n) is 2.51. The fraction of sp³-hybridized carbons (Fsp3) is 0.312. The van der Waals surface area contributed by atoms with Crippen LogP contribution >= 0.6 is 46.9 Å². The first-order valence-electron chi connectivity index (χ1n) is 7.20. The summed E-state index contributed by atoms with van der Waals surface area (Å²) in [7, 11) is 0. The Morgan fingerprint density at radius 1 is 1.09 bits per heavy atom. The molecule has 0 spiro atoms. The predicted octanol–water partition coefficient (Wildman–Crippen LogP) is 4.58. The van der Waals surface area contributed by atoms with E-state index in [9.17, 15) is 4.79 Å². The zero-order valence-electron chi connectivity index (χ0n) is 12.4. The minimum atomic E-state index is 0. The van der Waals surface area contributed by atoms with Crippen molar-refractivity contribution in [1.29, 1.82) is 0 Å². The molecule has 1 saturated heterocycles. The lowest BCUT2D eigenvalue weighted by Crippen LogP contribution is -2.33. The first-order chi connectivity index (χ1) is 10.6. The molecule has 1 amide bonds. The Morgan fingerprint density at radius 2 is 1.83 bits per heavy atom. The van der Waals surface area contributed by atoms with Crippen LogP contribution in [0.25, 0.3) is 10.4 Å². The standard InChI is InChI=1S/C16H16Cl2N2OS.ClH/c17-12-8-11(9-13(18)10-12)14-2-3-15(22-14)16(21)20-6-1-4-19-5-7-20;/h2-3,8-10,19H,1,4-7H2;1H. The number of nitrogens with one attached hydrogen (secondary N) is 1. The number of carbonyl (C=O) groups excluding carboxylic acids is 1. The first-order valence-corrected chi connectivity index (χ1v) is 8.77. The van der Waals surface area contributed by atoms with Crippen molar-refractivity contribution in [3.63, 3.8) is 0 Å². The summed E-state index contributed by atoms with van der Waals surface area (Å²) in [5.41, 5.74) is 0.944. The third kappa shape index (κ3) is 4.61. The maximum Gasteiger partial charge on any atom is 0.263 e. The average Bonchev–Trinajstić information content (AvgIpc) is 2.81. The Hall–Kier alpha value is -0.780. The van der Waals surface area contributed by atoms with Gasteiger partial charge in [-0.1, -0.05) is 23.2 Å². The van der Waals surface area contributed by atoms with Crippen molar-refractivity contribution in [1.82, 2.24) is 10.2 Å². The Balaban J connectivity index is 0.00000192. The van der Waals surface area contributed by atoms with Gasteiger partial charge in [-0.05, 0) is 48.9 Å². The summed E-state index contributed by atoms with van der Waals surface area (Å²) in [6.07, 6.45) is 0.994. The maximum absolute atomic E-state index is 12.6. The van der Waals surface area contributed by atoms with Gasteiger partial charge < -0.3 is 10.2 Å². The molecule has 1 aliphatic rings. The summed E-state index contributed by atoms with van der Waals surface area (Å²) >= 11 is 13.6. The van der Waals surface area contributed by atoms with Crippen molar-refractivity contribution in [2.75, 3.05) is 26.2 Å². The molecule has 1 aromatic heterocycles. The smallest absolute Gasteiger partial charge is 0.263 e. The highest BCUT2D eigenvalue weighted by Crippen LogP contribution is 2.32. The molecule has 2 heterocycles. The van der Waals surface area contributed by atoms with Crippen LogP contribution in [0.5, 0.6) is 0 Å². The van der Waals surface area contributed by atoms with E-state index in [2.05, 4.69) is 5.32 Å². The minimum absolute atomic E-state index is 0. The van der Waals surface area contributed by atoms with Crippen LogP contribution in [0.4, 0.5) is 0 Å². The summed E-state index contributed by atoms with van der Waals surface area (Å²) in [5.74, 6) is 0.105. The number of rotatable bonds is 2. The lowest BCUT2D eigenvalue weighted by molar-refractivity contribution is 0.0771. The van der Waals surface area contributed by atoms with Crippen molar-refractivity contribution in [3.8, 4) is 10.4 Å². The van der Waals surface area contributed by atoms with E-state index in [0.29, 0.717) is 10.0 Å². The second-order valence-electron chi connectivity index (χ2n) is 5.22. The molecule has 1 fully saturated rings. The van der Waals surface area contributed by atoms with Crippen LogP contribution in [-0.4, -0.2) is 37.0 Å². The molecular weight excluding hydrogens is 375 g/mol. The summed E-state index contributed by atoms with van der Waals surface area (Å²) < 4.78 is 0. The van der Waals surface area contributed by atoms with Crippen LogP contribution in [0.15, 0.2) is 30.3 Å². The molecule has 3 rings (SSSR count). The van der Waals surface area contributed by atoms with Gasteiger partial charge in [0.05, 0.1) is 4.88 Å². The molecule has 1 N–H and O–H groups in total. The minimum Gasteiger partial charge on any atom is -0.337 e. The van der Waals surface area contributed by atoms with Crippen molar-refractivity contribution >= 4 is 52.9 Å². The van der Waals surface area contributed by atoms with Crippen molar-refractivity contribution in [3.05, 3.63) is 45.3 Å². The summed E-state index contributed by atoms with van der Waals surface area (Å²) in [5, 5.41) is 4.51. The third-order valence-electron chi connectivity index (χ3n) is 3.59. The van der Waals surface area contributed by atoms with Gasteiger partial charge in [-0.15, -0.1) is 23.7 Å². The van der Waals surface area contributed by atoms with E-state index in [4.69, 9.17) is 23.2 Å². The zero-order valence-corrected chi connectivity index (χ0v) is 15.5. The topological polar surface area (TPSA) is 32.3 Å². The highest BCUT2D eigenvalue weighted by molar-refractivity contribution is 7.17. The normalized spacial score (nSPS) is 15.0. The highest BCUT2D eigenvalue weighted by atomic mass is 35.5. The molecule has 7 heteroatoms. The van der Waals surface area contributed by atoms with Gasteiger partial charge in [0, 0.05) is 34.6 Å². The number of hydrogen-bond donors (Lipinski definition) is 1. The number of carbonyl (C=O) groups is 1. The van der Waals surface area contributed by atoms with Crippen molar-refractivity contribution in [2.45, 2.75) is 6.42 Å². The van der Waals surface area contributed by atoms with Crippen molar-refractivity contribution < 1.29 is 4.79 Å². The van der Waals surface area contributed by atoms with Crippen molar-refractivity contribution in [2.24, 2.45) is 0 Å². The predicted molar refractivity (Wildman–Crippen MR) is 100 cm³/mol. The SMILES string of the molecule is Cl.O=C(c1ccc(-c2cc(Cl)cc(Cl)c2)s1)N1CCCNCC1. The van der Waals surface area contributed by atoms with Gasteiger partial charge in [-0.25, -0.2) is 0 Å². The fourth-order valence-corrected chi connectivity index (χ4v) is 4.00. The largest absolute Gasteiger partial charge is 0.337 e. The van der Waals surface area contributed by atoms with E-state index in [1.54, 1.807) is 6.07 Å². The quantitative estimate of drug-likeness (QED) is 0.812. The molecule has 3 nitrogen and oxygen atoms in total. The van der Waals surface area contributed by atoms with E-state index in [1.807, 2.05) is 29.2 Å². The average molecular weight is 392 g/mol. The second kappa shape index (κ2) is 8.36. The Morgan fingerprint density at radius 3 is 2.57 bits per heavy atom. The highest BCUT2D eigenvalue weighted by Gasteiger charge is 2.19. The molecule has 0 saturated carbocycles. The molecule has 0 atom stereocenters. The van der Waals surface area contributed by atoms with E-state index in [1.165, 1.54) is 11.3 Å². The summed E-state index contributed by atoms with van der Waals surface area (Å²) in [6.45, 7) is 3.39. The number of hydrogen-bond acceptors (Lipinski definition) is 3. The van der Waals surface area contributed by atoms with Crippen LogP contribution < -0.4 is 5.32 Å². The summed E-state index contributed by atoms with van der Waals surface area (Å²) in [4.78, 5) is 16.3. The van der Waals surface area contributed by atoms with Gasteiger partial charge in [0.15, 0.2) is 0 Å². The third-order valence-corrected chi connectivity index (χ3v) is 5.15. The van der Waals surface area contributed by atoms with Gasteiger partial charge >= 0.3 is 0 Å². The molecule has 1 aromatic carbocycles. The molecule has 0 aliphatic carbocycles. The lowest BCUT2D eigenvalue weighted by atomic mass is 10.2. The van der Waals surface area contributed by atoms with E-state index < -0.39 is 0 Å². The van der Waals surface area contributed by atoms with Gasteiger partial charge in [-0.2, -0.15) is 0 Å². The Bertz CT molecular complexity index is 661. The molecule has 1 aliphatic heterocycles. The van der Waals surface area contributed by atoms with E-state index in [-0.39, 0.29) is 18.3 Å². The number of thiophene rings is 1. The van der Waals surface area contributed by atoms with Crippen LogP contribution in [0.2, 0.25) is 10.0 Å². The number of amides is 1. The number of benzene rings is 1. The first kappa shape index (κ1) is 18.6. The molecule has 2 aromatic rings. The molecule has 0 bridgehead atoms. The molecular formula is C16H17Cl3N2OS.